The highest BCUT2D eigenvalue weighted by Gasteiger charge is 2.06. The lowest BCUT2D eigenvalue weighted by molar-refractivity contribution is -0.105. The molecule has 0 atom stereocenters. The Morgan fingerprint density at radius 3 is 2.36 bits per heavy atom. The first-order valence-electron chi connectivity index (χ1n) is 10.4. The van der Waals surface area contributed by atoms with E-state index in [0.717, 1.165) is 34.9 Å². The van der Waals surface area contributed by atoms with E-state index in [9.17, 15) is 9.59 Å². The highest BCUT2D eigenvalue weighted by atomic mass is 32.2. The number of hydrogen-bond acceptors (Lipinski definition) is 7. The summed E-state index contributed by atoms with van der Waals surface area (Å²) in [6, 6.07) is 21.2. The molecule has 0 saturated carbocycles. The zero-order valence-corrected chi connectivity index (χ0v) is 20.6. The number of thioether (sulfide) groups is 1. The van der Waals surface area contributed by atoms with Gasteiger partial charge in [-0.05, 0) is 54.1 Å². The molecule has 3 N–H and O–H groups in total. The van der Waals surface area contributed by atoms with E-state index in [-0.39, 0.29) is 0 Å². The van der Waals surface area contributed by atoms with Gasteiger partial charge in [0.05, 0.1) is 5.69 Å². The van der Waals surface area contributed by atoms with Gasteiger partial charge in [-0.3, -0.25) is 9.59 Å². The summed E-state index contributed by atoms with van der Waals surface area (Å²) >= 11 is 5.40. The first kappa shape index (κ1) is 26.2. The standard InChI is InChI=1S/C14H16N2OS.C11H13NO2S/c1-15-13-4-2-3-11(9-13)10-16-12-5-7-14(17-18)8-6-12;1-8(2)15-11-4-3-9(6-13)5-10(11)12-7-14/h2-9,15-16,18H,10H2,1H3;3-8H,1-2H3,(H,12,14). The fourth-order valence-corrected chi connectivity index (χ4v) is 3.85. The van der Waals surface area contributed by atoms with Gasteiger partial charge in [0.15, 0.2) is 0 Å². The van der Waals surface area contributed by atoms with Crippen LogP contribution in [0.5, 0.6) is 5.75 Å². The first-order valence-corrected chi connectivity index (χ1v) is 11.6. The molecule has 0 unspecified atom stereocenters. The summed E-state index contributed by atoms with van der Waals surface area (Å²) in [6.07, 6.45) is 1.38. The second kappa shape index (κ2) is 14.1. The molecule has 0 fully saturated rings. The van der Waals surface area contributed by atoms with Crippen LogP contribution < -0.4 is 20.1 Å². The number of anilines is 3. The first-order chi connectivity index (χ1) is 16.0. The molecule has 3 rings (SSSR count). The second-order valence-electron chi connectivity index (χ2n) is 7.22. The quantitative estimate of drug-likeness (QED) is 0.120. The third-order valence-electron chi connectivity index (χ3n) is 4.39. The van der Waals surface area contributed by atoms with Crippen LogP contribution in [0, 0.1) is 0 Å². The molecule has 1 amide bonds. The molecule has 0 bridgehead atoms. The summed E-state index contributed by atoms with van der Waals surface area (Å²) in [5.74, 6) is 0.737. The number of amides is 1. The SMILES string of the molecule is CC(C)Sc1ccc(C=O)cc1NC=O.CNc1cccc(CNc2ccc(OS)cc2)c1. The lowest BCUT2D eigenvalue weighted by atomic mass is 10.2. The topological polar surface area (TPSA) is 79.5 Å². The summed E-state index contributed by atoms with van der Waals surface area (Å²) in [7, 11) is 1.92. The van der Waals surface area contributed by atoms with Crippen LogP contribution >= 0.6 is 24.7 Å². The Morgan fingerprint density at radius 1 is 1.00 bits per heavy atom. The zero-order valence-electron chi connectivity index (χ0n) is 18.9. The van der Waals surface area contributed by atoms with Gasteiger partial charge in [0.1, 0.15) is 12.0 Å². The van der Waals surface area contributed by atoms with Crippen molar-refractivity contribution in [1.29, 1.82) is 0 Å². The van der Waals surface area contributed by atoms with Crippen molar-refractivity contribution < 1.29 is 13.8 Å². The molecule has 0 aromatic heterocycles. The molecule has 3 aromatic rings. The van der Waals surface area contributed by atoms with E-state index in [4.69, 9.17) is 4.18 Å². The summed E-state index contributed by atoms with van der Waals surface area (Å²) in [5.41, 5.74) is 4.66. The number of nitrogens with one attached hydrogen (secondary N) is 3. The highest BCUT2D eigenvalue weighted by Crippen LogP contribution is 2.30. The average Bonchev–Trinajstić information content (AvgIpc) is 2.84. The van der Waals surface area contributed by atoms with Crippen LogP contribution in [0.3, 0.4) is 0 Å². The molecule has 0 spiro atoms. The number of benzene rings is 3. The average molecular weight is 484 g/mol. The molecule has 3 aromatic carbocycles. The maximum atomic E-state index is 10.6. The van der Waals surface area contributed by atoms with Gasteiger partial charge in [0, 0.05) is 53.6 Å². The molecule has 0 aliphatic rings. The van der Waals surface area contributed by atoms with Crippen molar-refractivity contribution in [1.82, 2.24) is 0 Å². The maximum absolute atomic E-state index is 10.6. The van der Waals surface area contributed by atoms with Gasteiger partial charge in [-0.2, -0.15) is 0 Å². The van der Waals surface area contributed by atoms with Gasteiger partial charge < -0.3 is 20.1 Å². The number of aldehydes is 1. The van der Waals surface area contributed by atoms with Gasteiger partial charge in [-0.15, -0.1) is 11.8 Å². The number of hydrogen-bond donors (Lipinski definition) is 4. The minimum Gasteiger partial charge on any atom is -0.429 e. The predicted molar refractivity (Wildman–Crippen MR) is 142 cm³/mol. The Hall–Kier alpha value is -3.10. The summed E-state index contributed by atoms with van der Waals surface area (Å²) in [6.45, 7) is 4.93. The largest absolute Gasteiger partial charge is 0.429 e. The molecule has 33 heavy (non-hydrogen) atoms. The molecular formula is C25H29N3O3S2. The smallest absolute Gasteiger partial charge is 0.211 e. The molecule has 174 valence electrons. The molecule has 0 saturated heterocycles. The van der Waals surface area contributed by atoms with E-state index in [2.05, 4.69) is 54.8 Å². The predicted octanol–water partition coefficient (Wildman–Crippen LogP) is 6.13. The van der Waals surface area contributed by atoms with Crippen LogP contribution in [0.2, 0.25) is 0 Å². The van der Waals surface area contributed by atoms with Crippen LogP contribution in [-0.2, 0) is 11.3 Å². The Morgan fingerprint density at radius 2 is 1.76 bits per heavy atom. The van der Waals surface area contributed by atoms with Gasteiger partial charge in [-0.1, -0.05) is 32.0 Å². The van der Waals surface area contributed by atoms with Crippen molar-refractivity contribution in [2.45, 2.75) is 30.5 Å². The third-order valence-corrected chi connectivity index (χ3v) is 5.68. The number of carbonyl (C=O) groups excluding carboxylic acids is 2. The van der Waals surface area contributed by atoms with Gasteiger partial charge in [0.25, 0.3) is 0 Å². The van der Waals surface area contributed by atoms with E-state index in [1.54, 1.807) is 23.9 Å². The van der Waals surface area contributed by atoms with Crippen molar-refractivity contribution >= 4 is 54.4 Å². The van der Waals surface area contributed by atoms with Crippen LogP contribution in [0.4, 0.5) is 17.1 Å². The second-order valence-corrected chi connectivity index (χ2v) is 9.02. The van der Waals surface area contributed by atoms with Crippen LogP contribution in [0.15, 0.2) is 71.6 Å². The zero-order chi connectivity index (χ0) is 24.1. The van der Waals surface area contributed by atoms with E-state index in [1.165, 1.54) is 5.56 Å². The maximum Gasteiger partial charge on any atom is 0.211 e. The van der Waals surface area contributed by atoms with E-state index in [0.29, 0.717) is 22.9 Å². The fraction of sp³-hybridized carbons (Fsp3) is 0.200. The van der Waals surface area contributed by atoms with Gasteiger partial charge >= 0.3 is 0 Å². The number of rotatable bonds is 10. The van der Waals surface area contributed by atoms with Crippen LogP contribution in [-0.4, -0.2) is 25.0 Å². The summed E-state index contributed by atoms with van der Waals surface area (Å²) in [4.78, 5) is 22.0. The molecular weight excluding hydrogens is 454 g/mol. The van der Waals surface area contributed by atoms with Crippen molar-refractivity contribution in [2.24, 2.45) is 0 Å². The number of thiol groups is 1. The molecule has 0 heterocycles. The molecule has 0 aliphatic heterocycles. The lowest BCUT2D eigenvalue weighted by Crippen LogP contribution is -1.99. The monoisotopic (exact) mass is 483 g/mol. The van der Waals surface area contributed by atoms with E-state index in [1.807, 2.05) is 49.5 Å². The van der Waals surface area contributed by atoms with Crippen molar-refractivity contribution in [2.75, 3.05) is 23.0 Å². The minimum absolute atomic E-state index is 0.430. The fourth-order valence-electron chi connectivity index (χ4n) is 2.83. The normalized spacial score (nSPS) is 9.97. The molecule has 8 heteroatoms. The molecule has 0 radical (unpaired) electrons. The Labute approximate surface area is 205 Å². The Bertz CT molecular complexity index is 1030. The number of carbonyl (C=O) groups is 2. The Balaban J connectivity index is 0.000000238. The van der Waals surface area contributed by atoms with E-state index < -0.39 is 0 Å². The third kappa shape index (κ3) is 9.11. The van der Waals surface area contributed by atoms with Crippen LogP contribution in [0.25, 0.3) is 0 Å². The molecule has 0 aliphatic carbocycles. The summed E-state index contributed by atoms with van der Waals surface area (Å²) < 4.78 is 4.82. The highest BCUT2D eigenvalue weighted by molar-refractivity contribution is 8.00. The van der Waals surface area contributed by atoms with Gasteiger partial charge in [0.2, 0.25) is 6.41 Å². The van der Waals surface area contributed by atoms with Crippen LogP contribution in [0.1, 0.15) is 29.8 Å². The van der Waals surface area contributed by atoms with Crippen molar-refractivity contribution in [3.8, 4) is 5.75 Å². The Kier molecular flexibility index (Phi) is 11.2. The van der Waals surface area contributed by atoms with Crippen molar-refractivity contribution in [3.63, 3.8) is 0 Å². The minimum atomic E-state index is 0.430. The van der Waals surface area contributed by atoms with Crippen molar-refractivity contribution in [3.05, 3.63) is 77.9 Å². The lowest BCUT2D eigenvalue weighted by Gasteiger charge is -2.10. The van der Waals surface area contributed by atoms with E-state index >= 15 is 0 Å². The van der Waals surface area contributed by atoms with Gasteiger partial charge in [-0.25, -0.2) is 0 Å². The summed E-state index contributed by atoms with van der Waals surface area (Å²) in [5, 5.41) is 9.51. The molecule has 6 nitrogen and oxygen atoms in total.